The van der Waals surface area contributed by atoms with E-state index < -0.39 is 24.3 Å². The van der Waals surface area contributed by atoms with E-state index in [0.29, 0.717) is 11.0 Å². The highest BCUT2D eigenvalue weighted by Gasteiger charge is 2.14. The molecule has 0 aliphatic heterocycles. The molecule has 0 spiro atoms. The summed E-state index contributed by atoms with van der Waals surface area (Å²) in [5.74, 6) is -2.03. The number of esters is 1. The van der Waals surface area contributed by atoms with Crippen LogP contribution in [-0.4, -0.2) is 18.5 Å². The number of amides is 1. The lowest BCUT2D eigenvalue weighted by atomic mass is 10.2. The van der Waals surface area contributed by atoms with E-state index in [9.17, 15) is 14.0 Å². The molecular weight excluding hydrogens is 353 g/mol. The van der Waals surface area contributed by atoms with Crippen molar-refractivity contribution in [3.63, 3.8) is 0 Å². The lowest BCUT2D eigenvalue weighted by Crippen LogP contribution is -2.28. The maximum absolute atomic E-state index is 13.6. The molecule has 0 aliphatic rings. The molecule has 2 aromatic rings. The van der Waals surface area contributed by atoms with Gasteiger partial charge in [-0.1, -0.05) is 46.3 Å². The van der Waals surface area contributed by atoms with E-state index in [1.807, 2.05) is 30.3 Å². The van der Waals surface area contributed by atoms with E-state index in [4.69, 9.17) is 4.74 Å². The van der Waals surface area contributed by atoms with E-state index in [1.54, 1.807) is 0 Å². The van der Waals surface area contributed by atoms with Gasteiger partial charge < -0.3 is 10.1 Å². The van der Waals surface area contributed by atoms with Crippen LogP contribution in [0.3, 0.4) is 0 Å². The van der Waals surface area contributed by atoms with Gasteiger partial charge in [-0.25, -0.2) is 9.18 Å². The van der Waals surface area contributed by atoms with Crippen molar-refractivity contribution in [2.45, 2.75) is 6.54 Å². The van der Waals surface area contributed by atoms with Crippen LogP contribution in [0.15, 0.2) is 53.0 Å². The molecule has 0 fully saturated rings. The summed E-state index contributed by atoms with van der Waals surface area (Å²) in [6.45, 7) is -0.120. The van der Waals surface area contributed by atoms with Crippen LogP contribution >= 0.6 is 15.9 Å². The summed E-state index contributed by atoms with van der Waals surface area (Å²) in [5.41, 5.74) is 0.722. The van der Waals surface area contributed by atoms with Crippen LogP contribution in [0.4, 0.5) is 4.39 Å². The quantitative estimate of drug-likeness (QED) is 0.828. The summed E-state index contributed by atoms with van der Waals surface area (Å²) < 4.78 is 18.9. The molecule has 0 saturated carbocycles. The molecule has 0 bridgehead atoms. The van der Waals surface area contributed by atoms with Crippen molar-refractivity contribution in [3.8, 4) is 0 Å². The third-order valence-corrected chi connectivity index (χ3v) is 3.31. The zero-order valence-corrected chi connectivity index (χ0v) is 13.1. The fourth-order valence-electron chi connectivity index (χ4n) is 1.71. The molecular formula is C16H13BrFNO3. The molecule has 0 atom stereocenters. The van der Waals surface area contributed by atoms with Gasteiger partial charge in [-0.15, -0.1) is 0 Å². The molecule has 22 heavy (non-hydrogen) atoms. The highest BCUT2D eigenvalue weighted by atomic mass is 79.9. The normalized spacial score (nSPS) is 10.1. The van der Waals surface area contributed by atoms with Gasteiger partial charge in [-0.2, -0.15) is 0 Å². The molecule has 6 heteroatoms. The van der Waals surface area contributed by atoms with Gasteiger partial charge >= 0.3 is 5.97 Å². The zero-order valence-electron chi connectivity index (χ0n) is 11.5. The van der Waals surface area contributed by atoms with Crippen LogP contribution in [0.5, 0.6) is 0 Å². The topological polar surface area (TPSA) is 55.4 Å². The Bertz CT molecular complexity index is 676. The minimum Gasteiger partial charge on any atom is -0.452 e. The Kier molecular flexibility index (Phi) is 5.66. The predicted molar refractivity (Wildman–Crippen MR) is 82.7 cm³/mol. The first-order valence-electron chi connectivity index (χ1n) is 6.49. The highest BCUT2D eigenvalue weighted by molar-refractivity contribution is 9.10. The summed E-state index contributed by atoms with van der Waals surface area (Å²) in [6, 6.07) is 13.3. The van der Waals surface area contributed by atoms with Crippen LogP contribution < -0.4 is 5.32 Å². The monoisotopic (exact) mass is 365 g/mol. The fourth-order valence-corrected chi connectivity index (χ4v) is 2.04. The number of halogens is 2. The molecule has 2 aromatic carbocycles. The molecule has 0 unspecified atom stereocenters. The third kappa shape index (κ3) is 4.66. The Morgan fingerprint density at radius 1 is 1.14 bits per heavy atom. The van der Waals surface area contributed by atoms with Gasteiger partial charge in [0.05, 0.1) is 5.56 Å². The number of nitrogens with one attached hydrogen (secondary N) is 1. The van der Waals surface area contributed by atoms with Crippen molar-refractivity contribution in [1.29, 1.82) is 0 Å². The molecule has 0 heterocycles. The van der Waals surface area contributed by atoms with E-state index in [-0.39, 0.29) is 5.56 Å². The fraction of sp³-hybridized carbons (Fsp3) is 0.125. The molecule has 2 rings (SSSR count). The minimum atomic E-state index is -0.875. The van der Waals surface area contributed by atoms with Gasteiger partial charge in [-0.3, -0.25) is 4.79 Å². The van der Waals surface area contributed by atoms with Gasteiger partial charge in [0.1, 0.15) is 5.82 Å². The Balaban J connectivity index is 1.82. The van der Waals surface area contributed by atoms with Crippen LogP contribution in [-0.2, 0) is 16.1 Å². The number of hydrogen-bond acceptors (Lipinski definition) is 3. The van der Waals surface area contributed by atoms with Gasteiger partial charge in [0, 0.05) is 11.0 Å². The SMILES string of the molecule is O=C(COC(=O)c1ccc(Br)cc1F)NCc1ccccc1. The maximum atomic E-state index is 13.6. The summed E-state index contributed by atoms with van der Waals surface area (Å²) >= 11 is 3.09. The van der Waals surface area contributed by atoms with Crippen LogP contribution in [0, 0.1) is 5.82 Å². The minimum absolute atomic E-state index is 0.209. The molecule has 0 aliphatic carbocycles. The molecule has 1 N–H and O–H groups in total. The Labute approximate surface area is 135 Å². The molecule has 0 radical (unpaired) electrons. The molecule has 1 amide bonds. The van der Waals surface area contributed by atoms with Crippen LogP contribution in [0.1, 0.15) is 15.9 Å². The summed E-state index contributed by atoms with van der Waals surface area (Å²) in [7, 11) is 0. The van der Waals surface area contributed by atoms with Crippen molar-refractivity contribution in [2.75, 3.05) is 6.61 Å². The predicted octanol–water partition coefficient (Wildman–Crippen LogP) is 3.06. The van der Waals surface area contributed by atoms with Gasteiger partial charge in [0.15, 0.2) is 6.61 Å². The van der Waals surface area contributed by atoms with Crippen molar-refractivity contribution < 1.29 is 18.7 Å². The maximum Gasteiger partial charge on any atom is 0.341 e. The smallest absolute Gasteiger partial charge is 0.341 e. The first-order valence-corrected chi connectivity index (χ1v) is 7.28. The Hall–Kier alpha value is -2.21. The van der Waals surface area contributed by atoms with Gasteiger partial charge in [0.25, 0.3) is 5.91 Å². The highest BCUT2D eigenvalue weighted by Crippen LogP contribution is 2.15. The van der Waals surface area contributed by atoms with Crippen LogP contribution in [0.2, 0.25) is 0 Å². The average Bonchev–Trinajstić information content (AvgIpc) is 2.51. The largest absolute Gasteiger partial charge is 0.452 e. The summed E-state index contributed by atoms with van der Waals surface area (Å²) in [6.07, 6.45) is 0. The van der Waals surface area contributed by atoms with Crippen molar-refractivity contribution in [3.05, 3.63) is 69.9 Å². The number of carbonyl (C=O) groups is 2. The molecule has 0 saturated heterocycles. The van der Waals surface area contributed by atoms with Gasteiger partial charge in [0.2, 0.25) is 0 Å². The molecule has 114 valence electrons. The van der Waals surface area contributed by atoms with Crippen LogP contribution in [0.25, 0.3) is 0 Å². The number of benzene rings is 2. The first-order chi connectivity index (χ1) is 10.6. The standard InChI is InChI=1S/C16H13BrFNO3/c17-12-6-7-13(14(18)8-12)16(21)22-10-15(20)19-9-11-4-2-1-3-5-11/h1-8H,9-10H2,(H,19,20). The second-order valence-corrected chi connectivity index (χ2v) is 5.38. The first kappa shape index (κ1) is 16.2. The number of carbonyl (C=O) groups excluding carboxylic acids is 2. The lowest BCUT2D eigenvalue weighted by molar-refractivity contribution is -0.124. The number of hydrogen-bond donors (Lipinski definition) is 1. The average molecular weight is 366 g/mol. The number of rotatable bonds is 5. The van der Waals surface area contributed by atoms with Crippen molar-refractivity contribution in [2.24, 2.45) is 0 Å². The lowest BCUT2D eigenvalue weighted by Gasteiger charge is -2.07. The second kappa shape index (κ2) is 7.70. The van der Waals surface area contributed by atoms with E-state index in [1.165, 1.54) is 12.1 Å². The van der Waals surface area contributed by atoms with Crippen molar-refractivity contribution in [1.82, 2.24) is 5.32 Å². The summed E-state index contributed by atoms with van der Waals surface area (Å²) in [4.78, 5) is 23.3. The Morgan fingerprint density at radius 3 is 2.55 bits per heavy atom. The van der Waals surface area contributed by atoms with E-state index in [2.05, 4.69) is 21.2 Å². The zero-order chi connectivity index (χ0) is 15.9. The Morgan fingerprint density at radius 2 is 1.86 bits per heavy atom. The van der Waals surface area contributed by atoms with E-state index in [0.717, 1.165) is 11.6 Å². The van der Waals surface area contributed by atoms with Gasteiger partial charge in [-0.05, 0) is 23.8 Å². The van der Waals surface area contributed by atoms with Crippen molar-refractivity contribution >= 4 is 27.8 Å². The number of ether oxygens (including phenoxy) is 1. The second-order valence-electron chi connectivity index (χ2n) is 4.46. The third-order valence-electron chi connectivity index (χ3n) is 2.82. The molecule has 4 nitrogen and oxygen atoms in total. The summed E-state index contributed by atoms with van der Waals surface area (Å²) in [5, 5.41) is 2.61. The van der Waals surface area contributed by atoms with E-state index >= 15 is 0 Å². The molecule has 0 aromatic heterocycles.